The fraction of sp³-hybridized carbons (Fsp3) is 0.318. The summed E-state index contributed by atoms with van der Waals surface area (Å²) < 4.78 is 7.04. The van der Waals surface area contributed by atoms with Crippen LogP contribution >= 0.6 is 0 Å². The van der Waals surface area contributed by atoms with E-state index in [1.165, 1.54) is 6.26 Å². The second-order valence-electron chi connectivity index (χ2n) is 7.86. The van der Waals surface area contributed by atoms with Crippen molar-refractivity contribution in [3.8, 4) is 0 Å². The average Bonchev–Trinajstić information content (AvgIpc) is 3.40. The van der Waals surface area contributed by atoms with Crippen molar-refractivity contribution >= 4 is 11.8 Å². The molecule has 1 fully saturated rings. The van der Waals surface area contributed by atoms with Gasteiger partial charge >= 0.3 is 0 Å². The van der Waals surface area contributed by atoms with Gasteiger partial charge in [-0.1, -0.05) is 35.0 Å². The Morgan fingerprint density at radius 3 is 2.52 bits per heavy atom. The Hall–Kier alpha value is -3.35. The smallest absolute Gasteiger partial charge is 0.272 e. The fourth-order valence-corrected chi connectivity index (χ4v) is 4.62. The number of nitrogens with zero attached hydrogens (tertiary/aromatic N) is 4. The molecule has 1 atom stereocenters. The molecule has 0 radical (unpaired) electrons. The van der Waals surface area contributed by atoms with Crippen molar-refractivity contribution in [3.05, 3.63) is 76.4 Å². The SMILES string of the molecule is Cc1ccc(C23Cn4c(C)ccc4C(=O)N2CCN3C(=O)c2conc2C)cc1. The fourth-order valence-electron chi connectivity index (χ4n) is 4.62. The van der Waals surface area contributed by atoms with Crippen LogP contribution in [0.4, 0.5) is 0 Å². The number of fused-ring (bicyclic) bond motifs is 2. The van der Waals surface area contributed by atoms with Crippen molar-refractivity contribution in [2.75, 3.05) is 13.1 Å². The van der Waals surface area contributed by atoms with E-state index in [2.05, 4.69) is 5.16 Å². The molecule has 0 aliphatic carbocycles. The molecule has 148 valence electrons. The maximum atomic E-state index is 13.5. The van der Waals surface area contributed by atoms with Crippen molar-refractivity contribution in [2.24, 2.45) is 0 Å². The minimum Gasteiger partial charge on any atom is -0.364 e. The first kappa shape index (κ1) is 17.7. The Bertz CT molecular complexity index is 1130. The second-order valence-corrected chi connectivity index (χ2v) is 7.86. The van der Waals surface area contributed by atoms with Crippen LogP contribution in [0.5, 0.6) is 0 Å². The quantitative estimate of drug-likeness (QED) is 0.675. The number of benzene rings is 1. The molecule has 0 spiro atoms. The number of hydrogen-bond acceptors (Lipinski definition) is 4. The molecular weight excluding hydrogens is 368 g/mol. The summed E-state index contributed by atoms with van der Waals surface area (Å²) >= 11 is 0. The molecule has 1 saturated heterocycles. The Labute approximate surface area is 168 Å². The number of aromatic nitrogens is 2. The molecule has 1 aromatic carbocycles. The molecular formula is C22H22N4O3. The number of hydrogen-bond donors (Lipinski definition) is 0. The summed E-state index contributed by atoms with van der Waals surface area (Å²) in [6.45, 7) is 7.19. The van der Waals surface area contributed by atoms with E-state index < -0.39 is 5.66 Å². The molecule has 4 heterocycles. The lowest BCUT2D eigenvalue weighted by Gasteiger charge is -2.47. The minimum atomic E-state index is -0.887. The summed E-state index contributed by atoms with van der Waals surface area (Å²) in [6.07, 6.45) is 1.39. The van der Waals surface area contributed by atoms with Gasteiger partial charge in [-0.25, -0.2) is 0 Å². The van der Waals surface area contributed by atoms with Crippen molar-refractivity contribution in [3.63, 3.8) is 0 Å². The molecule has 7 heteroatoms. The van der Waals surface area contributed by atoms with Crippen LogP contribution < -0.4 is 0 Å². The molecule has 2 aliphatic rings. The Balaban J connectivity index is 1.72. The van der Waals surface area contributed by atoms with E-state index >= 15 is 0 Å². The van der Waals surface area contributed by atoms with Crippen molar-refractivity contribution < 1.29 is 14.1 Å². The van der Waals surface area contributed by atoms with Crippen LogP contribution in [0.1, 0.15) is 43.4 Å². The second kappa shape index (κ2) is 6.07. The molecule has 0 bridgehead atoms. The Morgan fingerprint density at radius 2 is 1.83 bits per heavy atom. The van der Waals surface area contributed by atoms with E-state index in [-0.39, 0.29) is 11.8 Å². The normalized spacial score (nSPS) is 20.7. The van der Waals surface area contributed by atoms with Gasteiger partial charge in [0.2, 0.25) is 0 Å². The number of amides is 2. The van der Waals surface area contributed by atoms with Crippen LogP contribution in [0, 0.1) is 20.8 Å². The lowest BCUT2D eigenvalue weighted by atomic mass is 9.93. The zero-order chi connectivity index (χ0) is 20.3. The third kappa shape index (κ3) is 2.33. The zero-order valence-electron chi connectivity index (χ0n) is 16.7. The van der Waals surface area contributed by atoms with E-state index in [9.17, 15) is 9.59 Å². The van der Waals surface area contributed by atoms with E-state index in [1.54, 1.807) is 11.8 Å². The van der Waals surface area contributed by atoms with Gasteiger partial charge < -0.3 is 18.9 Å². The van der Waals surface area contributed by atoms with Crippen LogP contribution in [-0.2, 0) is 12.2 Å². The first-order valence-corrected chi connectivity index (χ1v) is 9.71. The van der Waals surface area contributed by atoms with Gasteiger partial charge in [0.25, 0.3) is 11.8 Å². The molecule has 29 heavy (non-hydrogen) atoms. The molecule has 2 amide bonds. The molecule has 0 N–H and O–H groups in total. The van der Waals surface area contributed by atoms with Gasteiger partial charge in [0, 0.05) is 18.8 Å². The van der Waals surface area contributed by atoms with Gasteiger partial charge in [-0.3, -0.25) is 9.59 Å². The maximum absolute atomic E-state index is 13.5. The molecule has 1 unspecified atom stereocenters. The first-order valence-electron chi connectivity index (χ1n) is 9.71. The minimum absolute atomic E-state index is 0.0535. The first-order chi connectivity index (χ1) is 13.9. The summed E-state index contributed by atoms with van der Waals surface area (Å²) in [5.74, 6) is -0.227. The van der Waals surface area contributed by atoms with Gasteiger partial charge in [-0.15, -0.1) is 0 Å². The number of rotatable bonds is 2. The number of carbonyl (C=O) groups excluding carboxylic acids is 2. The summed E-state index contributed by atoms with van der Waals surface area (Å²) in [6, 6.07) is 11.9. The predicted molar refractivity (Wildman–Crippen MR) is 105 cm³/mol. The summed E-state index contributed by atoms with van der Waals surface area (Å²) in [4.78, 5) is 30.6. The Morgan fingerprint density at radius 1 is 1.07 bits per heavy atom. The molecule has 2 aromatic heterocycles. The summed E-state index contributed by atoms with van der Waals surface area (Å²) in [5.41, 5.74) is 3.81. The maximum Gasteiger partial charge on any atom is 0.272 e. The van der Waals surface area contributed by atoms with Crippen LogP contribution in [0.15, 0.2) is 47.2 Å². The van der Waals surface area contributed by atoms with Crippen LogP contribution in [0.3, 0.4) is 0 Å². The number of aryl methyl sites for hydroxylation is 3. The third-order valence-electron chi connectivity index (χ3n) is 6.22. The van der Waals surface area contributed by atoms with Gasteiger partial charge in [0.15, 0.2) is 5.66 Å². The molecule has 5 rings (SSSR count). The van der Waals surface area contributed by atoms with Crippen molar-refractivity contribution in [1.82, 2.24) is 19.5 Å². The predicted octanol–water partition coefficient (Wildman–Crippen LogP) is 2.87. The van der Waals surface area contributed by atoms with E-state index in [0.717, 1.165) is 16.8 Å². The highest BCUT2D eigenvalue weighted by Gasteiger charge is 2.56. The highest BCUT2D eigenvalue weighted by molar-refractivity contribution is 5.99. The van der Waals surface area contributed by atoms with Gasteiger partial charge in [-0.05, 0) is 38.5 Å². The highest BCUT2D eigenvalue weighted by Crippen LogP contribution is 2.44. The van der Waals surface area contributed by atoms with Crippen LogP contribution in [-0.4, -0.2) is 44.4 Å². The van der Waals surface area contributed by atoms with Gasteiger partial charge in [0.1, 0.15) is 17.5 Å². The van der Waals surface area contributed by atoms with Crippen LogP contribution in [0.25, 0.3) is 0 Å². The highest BCUT2D eigenvalue weighted by atomic mass is 16.5. The summed E-state index contributed by atoms with van der Waals surface area (Å²) in [5, 5.41) is 3.87. The lowest BCUT2D eigenvalue weighted by Crippen LogP contribution is -2.60. The van der Waals surface area contributed by atoms with E-state index in [4.69, 9.17) is 4.52 Å². The van der Waals surface area contributed by atoms with E-state index in [0.29, 0.717) is 36.6 Å². The Kier molecular flexibility index (Phi) is 3.71. The third-order valence-corrected chi connectivity index (χ3v) is 6.22. The lowest BCUT2D eigenvalue weighted by molar-refractivity contribution is -0.00635. The summed E-state index contributed by atoms with van der Waals surface area (Å²) in [7, 11) is 0. The standard InChI is InChI=1S/C22H22N4O3/c1-14-4-7-17(8-5-14)22-13-24-15(2)6-9-19(24)21(28)26(22)11-10-25(22)20(27)18-12-29-23-16(18)3/h4-9,12H,10-11,13H2,1-3H3. The monoisotopic (exact) mass is 390 g/mol. The van der Waals surface area contributed by atoms with Crippen molar-refractivity contribution in [2.45, 2.75) is 33.0 Å². The van der Waals surface area contributed by atoms with Gasteiger partial charge in [0.05, 0.1) is 12.2 Å². The number of carbonyl (C=O) groups is 2. The topological polar surface area (TPSA) is 71.6 Å². The van der Waals surface area contributed by atoms with E-state index in [1.807, 2.05) is 59.7 Å². The zero-order valence-corrected chi connectivity index (χ0v) is 16.7. The molecule has 7 nitrogen and oxygen atoms in total. The molecule has 0 saturated carbocycles. The van der Waals surface area contributed by atoms with Gasteiger partial charge in [-0.2, -0.15) is 0 Å². The molecule has 2 aliphatic heterocycles. The molecule has 3 aromatic rings. The van der Waals surface area contributed by atoms with Crippen molar-refractivity contribution in [1.29, 1.82) is 0 Å². The van der Waals surface area contributed by atoms with Crippen LogP contribution in [0.2, 0.25) is 0 Å². The average molecular weight is 390 g/mol. The largest absolute Gasteiger partial charge is 0.364 e.